The van der Waals surface area contributed by atoms with Gasteiger partial charge in [0.2, 0.25) is 5.16 Å². The van der Waals surface area contributed by atoms with E-state index in [1.807, 2.05) is 14.1 Å². The van der Waals surface area contributed by atoms with Gasteiger partial charge in [0.1, 0.15) is 14.1 Å². The summed E-state index contributed by atoms with van der Waals surface area (Å²) in [5, 5.41) is 2.44. The predicted octanol–water partition coefficient (Wildman–Crippen LogP) is 0.361. The van der Waals surface area contributed by atoms with Crippen LogP contribution in [0.25, 0.3) is 0 Å². The van der Waals surface area contributed by atoms with E-state index < -0.39 is 0 Å². The fourth-order valence-electron chi connectivity index (χ4n) is 0. The van der Waals surface area contributed by atoms with E-state index in [1.54, 1.807) is 4.58 Å². The van der Waals surface area contributed by atoms with E-state index in [2.05, 4.69) is 17.4 Å². The van der Waals surface area contributed by atoms with Crippen molar-refractivity contribution in [1.29, 1.82) is 0 Å². The molecule has 0 amide bonds. The number of nitrogens with zero attached hydrogens (tertiary/aromatic N) is 1. The Morgan fingerprint density at radius 3 is 1.80 bits per heavy atom. The Bertz CT molecular complexity index is 67.0. The molecule has 0 atom stereocenters. The fraction of sp³-hybridized carbons (Fsp3) is 0.667. The molecule has 0 aromatic carbocycles. The first-order valence-electron chi connectivity index (χ1n) is 1.32. The Morgan fingerprint density at radius 2 is 1.80 bits per heavy atom. The van der Waals surface area contributed by atoms with Crippen molar-refractivity contribution in [3.63, 3.8) is 0 Å². The summed E-state index contributed by atoms with van der Waals surface area (Å²) in [4.78, 5) is 0. The maximum Gasteiger partial charge on any atom is 0.248 e. The highest BCUT2D eigenvalue weighted by atomic mass is 32.1. The van der Waals surface area contributed by atoms with E-state index in [-0.39, 0.29) is 0 Å². The lowest BCUT2D eigenvalue weighted by molar-refractivity contribution is -0.455. The van der Waals surface area contributed by atoms with Gasteiger partial charge >= 0.3 is 0 Å². The molecule has 0 bridgehead atoms. The van der Waals surface area contributed by atoms with Crippen LogP contribution in [0.2, 0.25) is 0 Å². The predicted molar refractivity (Wildman–Crippen MR) is 24.7 cm³/mol. The Labute approximate surface area is 36.9 Å². The van der Waals surface area contributed by atoms with Crippen molar-refractivity contribution in [2.75, 3.05) is 14.1 Å². The van der Waals surface area contributed by atoms with Gasteiger partial charge in [-0.25, -0.2) is 0 Å². The quantitative estimate of drug-likeness (QED) is 0.235. The van der Waals surface area contributed by atoms with Crippen LogP contribution in [0.4, 0.5) is 0 Å². The first-order chi connectivity index (χ1) is 2.27. The zero-order valence-corrected chi connectivity index (χ0v) is 4.17. The van der Waals surface area contributed by atoms with Gasteiger partial charge in [-0.3, -0.25) is 0 Å². The minimum Gasteiger partial charge on any atom is -0.184 e. The number of isothiocyanates is 1. The van der Waals surface area contributed by atoms with Gasteiger partial charge in [0.05, 0.1) is 0 Å². The lowest BCUT2D eigenvalue weighted by Gasteiger charge is -1.63. The highest BCUT2D eigenvalue weighted by Crippen LogP contribution is 1.40. The molecule has 0 fully saturated rings. The van der Waals surface area contributed by atoms with Crippen LogP contribution in [0.15, 0.2) is 0 Å². The van der Waals surface area contributed by atoms with E-state index in [4.69, 9.17) is 0 Å². The van der Waals surface area contributed by atoms with Crippen LogP contribution < -0.4 is 0 Å². The summed E-state index contributed by atoms with van der Waals surface area (Å²) in [5.41, 5.74) is 0. The van der Waals surface area contributed by atoms with E-state index in [1.165, 1.54) is 0 Å². The molecule has 0 aliphatic rings. The molecule has 5 heavy (non-hydrogen) atoms. The first kappa shape index (κ1) is 4.80. The van der Waals surface area contributed by atoms with E-state index in [9.17, 15) is 0 Å². The first-order valence-corrected chi connectivity index (χ1v) is 1.73. The molecule has 0 rings (SSSR count). The zero-order chi connectivity index (χ0) is 4.28. The number of hydrogen-bond donors (Lipinski definition) is 0. The Hall–Kier alpha value is -0.200. The molecule has 0 radical (unpaired) electrons. The second kappa shape index (κ2) is 2.06. The maximum absolute atomic E-state index is 4.35. The summed E-state index contributed by atoms with van der Waals surface area (Å²) in [6.07, 6.45) is 0. The Balaban J connectivity index is 3.60. The van der Waals surface area contributed by atoms with Crippen LogP contribution in [0.3, 0.4) is 0 Å². The molecule has 0 saturated heterocycles. The average Bonchev–Trinajstić information content (AvgIpc) is 1.38. The van der Waals surface area contributed by atoms with Gasteiger partial charge in [-0.05, 0) is 0 Å². The third-order valence-corrected chi connectivity index (χ3v) is 0.548. The van der Waals surface area contributed by atoms with Crippen molar-refractivity contribution in [3.05, 3.63) is 0 Å². The Morgan fingerprint density at radius 1 is 1.60 bits per heavy atom. The molecule has 1 nitrogen and oxygen atoms in total. The second-order valence-corrected chi connectivity index (χ2v) is 1.17. The van der Waals surface area contributed by atoms with Crippen LogP contribution in [0, 0.1) is 0 Å². The number of thiocarbonyl (C=S) groups is 1. The zero-order valence-electron chi connectivity index (χ0n) is 3.36. The van der Waals surface area contributed by atoms with Gasteiger partial charge in [0, 0.05) is 12.2 Å². The normalized spacial score (nSPS) is 6.00. The molecule has 0 saturated carbocycles. The summed E-state index contributed by atoms with van der Waals surface area (Å²) in [6.45, 7) is 0. The summed E-state index contributed by atoms with van der Waals surface area (Å²) < 4.78 is 1.69. The highest BCUT2D eigenvalue weighted by Gasteiger charge is 1.63. The minimum atomic E-state index is 1.69. The number of rotatable bonds is 0. The van der Waals surface area contributed by atoms with E-state index in [0.29, 0.717) is 0 Å². The topological polar surface area (TPSA) is 3.01 Å². The average molecular weight is 88.2 g/mol. The molecular weight excluding hydrogens is 82.1 g/mol. The van der Waals surface area contributed by atoms with Crippen molar-refractivity contribution >= 4 is 17.4 Å². The van der Waals surface area contributed by atoms with Gasteiger partial charge in [0.15, 0.2) is 0 Å². The molecule has 0 aromatic heterocycles. The fourth-order valence-corrected chi connectivity index (χ4v) is 0. The van der Waals surface area contributed by atoms with Crippen molar-refractivity contribution in [3.8, 4) is 0 Å². The minimum absolute atomic E-state index is 1.69. The standard InChI is InChI=1S/C3H6NS/c1-4(2)3-5/h1-2H3/q+1. The molecule has 28 valence electrons. The third kappa shape index (κ3) is 3.80. The molecule has 0 unspecified atom stereocenters. The van der Waals surface area contributed by atoms with Crippen molar-refractivity contribution < 1.29 is 4.58 Å². The monoisotopic (exact) mass is 88.0 g/mol. The SMILES string of the molecule is C[N+](C)=C=S. The van der Waals surface area contributed by atoms with Gasteiger partial charge in [-0.2, -0.15) is 4.58 Å². The maximum atomic E-state index is 4.35. The molecule has 0 aliphatic heterocycles. The Kier molecular flexibility index (Phi) is 1.98. The molecule has 0 N–H and O–H groups in total. The van der Waals surface area contributed by atoms with Crippen molar-refractivity contribution in [1.82, 2.24) is 0 Å². The van der Waals surface area contributed by atoms with Crippen LogP contribution in [0.5, 0.6) is 0 Å². The lowest BCUT2D eigenvalue weighted by atomic mass is 11.1. The molecular formula is C3H6NS+. The van der Waals surface area contributed by atoms with Crippen molar-refractivity contribution in [2.24, 2.45) is 0 Å². The molecule has 0 aliphatic carbocycles. The summed E-state index contributed by atoms with van der Waals surface area (Å²) in [7, 11) is 3.68. The van der Waals surface area contributed by atoms with Gasteiger partial charge < -0.3 is 0 Å². The van der Waals surface area contributed by atoms with Crippen LogP contribution in [-0.4, -0.2) is 23.8 Å². The molecule has 0 heterocycles. The highest BCUT2D eigenvalue weighted by molar-refractivity contribution is 7.78. The summed E-state index contributed by atoms with van der Waals surface area (Å²) in [5.74, 6) is 0. The number of hydrogen-bond acceptors (Lipinski definition) is 1. The summed E-state index contributed by atoms with van der Waals surface area (Å²) in [6, 6.07) is 0. The summed E-state index contributed by atoms with van der Waals surface area (Å²) >= 11 is 4.35. The van der Waals surface area contributed by atoms with Crippen LogP contribution >= 0.6 is 12.2 Å². The lowest BCUT2D eigenvalue weighted by Crippen LogP contribution is -1.88. The molecule has 0 spiro atoms. The van der Waals surface area contributed by atoms with Crippen molar-refractivity contribution in [2.45, 2.75) is 0 Å². The second-order valence-electron chi connectivity index (χ2n) is 0.986. The van der Waals surface area contributed by atoms with Gasteiger partial charge in [0.25, 0.3) is 0 Å². The molecule has 0 aromatic rings. The largest absolute Gasteiger partial charge is 0.248 e. The van der Waals surface area contributed by atoms with Gasteiger partial charge in [-0.1, -0.05) is 0 Å². The van der Waals surface area contributed by atoms with Crippen LogP contribution in [0.1, 0.15) is 0 Å². The molecule has 2 heteroatoms. The van der Waals surface area contributed by atoms with Gasteiger partial charge in [-0.15, -0.1) is 0 Å². The van der Waals surface area contributed by atoms with Crippen LogP contribution in [-0.2, 0) is 0 Å². The smallest absolute Gasteiger partial charge is 0.184 e. The third-order valence-electron chi connectivity index (χ3n) is 0.183. The van der Waals surface area contributed by atoms with E-state index >= 15 is 0 Å². The van der Waals surface area contributed by atoms with E-state index in [0.717, 1.165) is 0 Å².